The van der Waals surface area contributed by atoms with Gasteiger partial charge in [0.1, 0.15) is 0 Å². The molecule has 126 valence electrons. The summed E-state index contributed by atoms with van der Waals surface area (Å²) >= 11 is 0. The van der Waals surface area contributed by atoms with Crippen LogP contribution in [0.25, 0.3) is 0 Å². The third-order valence-electron chi connectivity index (χ3n) is 4.81. The molecule has 3 nitrogen and oxygen atoms in total. The van der Waals surface area contributed by atoms with Gasteiger partial charge in [0.15, 0.2) is 0 Å². The van der Waals surface area contributed by atoms with E-state index in [-0.39, 0.29) is 0 Å². The lowest BCUT2D eigenvalue weighted by Gasteiger charge is -2.34. The molecule has 0 unspecified atom stereocenters. The molecule has 0 saturated carbocycles. The maximum absolute atomic E-state index is 9.51. The molecule has 0 bridgehead atoms. The molecule has 1 aliphatic rings. The molecule has 1 rings (SSSR count). The first-order chi connectivity index (χ1) is 9.94. The van der Waals surface area contributed by atoms with Crippen molar-refractivity contribution in [1.82, 2.24) is 9.80 Å². The third kappa shape index (κ3) is 8.80. The van der Waals surface area contributed by atoms with Crippen molar-refractivity contribution in [3.63, 3.8) is 0 Å². The van der Waals surface area contributed by atoms with E-state index < -0.39 is 0 Å². The molecule has 1 heterocycles. The molecule has 0 aromatic rings. The Balaban J connectivity index is 2.07. The number of unbranched alkanes of at least 4 members (excludes halogenated alkanes) is 1. The molecule has 1 atom stereocenters. The number of aliphatic hydroxyl groups is 1. The quantitative estimate of drug-likeness (QED) is 0.662. The summed E-state index contributed by atoms with van der Waals surface area (Å²) in [5, 5.41) is 9.51. The molecule has 0 aromatic carbocycles. The van der Waals surface area contributed by atoms with Crippen LogP contribution in [-0.4, -0.2) is 60.8 Å². The van der Waals surface area contributed by atoms with Crippen molar-refractivity contribution in [3.8, 4) is 0 Å². The smallest absolute Gasteiger partial charge is 0.0459 e. The van der Waals surface area contributed by atoms with Crippen LogP contribution in [0.1, 0.15) is 59.8 Å². The Morgan fingerprint density at radius 3 is 2.10 bits per heavy atom. The van der Waals surface area contributed by atoms with Gasteiger partial charge in [-0.05, 0) is 50.1 Å². The molecule has 1 saturated heterocycles. The first-order valence-electron chi connectivity index (χ1n) is 9.00. The molecule has 0 radical (unpaired) electrons. The summed E-state index contributed by atoms with van der Waals surface area (Å²) in [6.07, 6.45) is 6.15. The molecule has 1 N–H and O–H groups in total. The fourth-order valence-electron chi connectivity index (χ4n) is 3.06. The molecule has 0 aromatic heterocycles. The van der Waals surface area contributed by atoms with Crippen LogP contribution >= 0.6 is 0 Å². The molecule has 3 heteroatoms. The number of hydrogen-bond donors (Lipinski definition) is 1. The Morgan fingerprint density at radius 1 is 0.952 bits per heavy atom. The highest BCUT2D eigenvalue weighted by molar-refractivity contribution is 4.71. The summed E-state index contributed by atoms with van der Waals surface area (Å²) in [6, 6.07) is 0. The number of likely N-dealkylation sites (N-methyl/N-ethyl adjacent to an activating group) is 1. The van der Waals surface area contributed by atoms with E-state index in [0.717, 1.165) is 0 Å². The van der Waals surface area contributed by atoms with Crippen LogP contribution in [0.3, 0.4) is 0 Å². The van der Waals surface area contributed by atoms with Gasteiger partial charge in [0.05, 0.1) is 0 Å². The Hall–Kier alpha value is -0.120. The topological polar surface area (TPSA) is 26.7 Å². The van der Waals surface area contributed by atoms with E-state index >= 15 is 0 Å². The first kappa shape index (κ1) is 18.9. The second-order valence-electron chi connectivity index (χ2n) is 7.92. The fraction of sp³-hybridized carbons (Fsp3) is 1.00. The van der Waals surface area contributed by atoms with Crippen LogP contribution in [0, 0.1) is 11.3 Å². The lowest BCUT2D eigenvalue weighted by molar-refractivity contribution is 0.133. The predicted octanol–water partition coefficient (Wildman–Crippen LogP) is 3.23. The molecule has 21 heavy (non-hydrogen) atoms. The molecule has 1 aliphatic heterocycles. The van der Waals surface area contributed by atoms with Gasteiger partial charge in [-0.15, -0.1) is 0 Å². The van der Waals surface area contributed by atoms with Crippen molar-refractivity contribution in [2.75, 3.05) is 45.9 Å². The minimum absolute atomic E-state index is 0.366. The van der Waals surface area contributed by atoms with Crippen molar-refractivity contribution in [2.24, 2.45) is 11.3 Å². The van der Waals surface area contributed by atoms with E-state index in [1.165, 1.54) is 71.4 Å². The Labute approximate surface area is 132 Å². The van der Waals surface area contributed by atoms with Crippen molar-refractivity contribution >= 4 is 0 Å². The monoisotopic (exact) mass is 298 g/mol. The van der Waals surface area contributed by atoms with Crippen molar-refractivity contribution in [3.05, 3.63) is 0 Å². The van der Waals surface area contributed by atoms with Crippen LogP contribution < -0.4 is 0 Å². The van der Waals surface area contributed by atoms with Gasteiger partial charge in [-0.25, -0.2) is 0 Å². The van der Waals surface area contributed by atoms with Gasteiger partial charge in [-0.1, -0.05) is 34.1 Å². The van der Waals surface area contributed by atoms with Crippen LogP contribution in [0.2, 0.25) is 0 Å². The SMILES string of the molecule is CCN1CCN(CCCC[C@@H](CO)CCC(C)(C)C)CC1. The van der Waals surface area contributed by atoms with E-state index in [1.54, 1.807) is 0 Å². The minimum atomic E-state index is 0.366. The van der Waals surface area contributed by atoms with Crippen molar-refractivity contribution in [1.29, 1.82) is 0 Å². The van der Waals surface area contributed by atoms with E-state index in [0.29, 0.717) is 17.9 Å². The summed E-state index contributed by atoms with van der Waals surface area (Å²) in [5.41, 5.74) is 0.395. The molecule has 1 fully saturated rings. The van der Waals surface area contributed by atoms with Crippen LogP contribution in [-0.2, 0) is 0 Å². The molecular formula is C18H38N2O. The summed E-state index contributed by atoms with van der Waals surface area (Å²) < 4.78 is 0. The van der Waals surface area contributed by atoms with Gasteiger partial charge >= 0.3 is 0 Å². The molecule has 0 aliphatic carbocycles. The number of nitrogens with zero attached hydrogens (tertiary/aromatic N) is 2. The maximum atomic E-state index is 9.51. The lowest BCUT2D eigenvalue weighted by atomic mass is 9.85. The number of hydrogen-bond acceptors (Lipinski definition) is 3. The van der Waals surface area contributed by atoms with E-state index in [4.69, 9.17) is 0 Å². The Morgan fingerprint density at radius 2 is 1.57 bits per heavy atom. The molecular weight excluding hydrogens is 260 g/mol. The van der Waals surface area contributed by atoms with Gasteiger partial charge in [0.25, 0.3) is 0 Å². The predicted molar refractivity (Wildman–Crippen MR) is 91.7 cm³/mol. The molecule has 0 amide bonds. The van der Waals surface area contributed by atoms with Gasteiger partial charge in [-0.2, -0.15) is 0 Å². The number of aliphatic hydroxyl groups excluding tert-OH is 1. The van der Waals surface area contributed by atoms with E-state index in [2.05, 4.69) is 37.5 Å². The van der Waals surface area contributed by atoms with Crippen LogP contribution in [0.15, 0.2) is 0 Å². The van der Waals surface area contributed by atoms with Crippen LogP contribution in [0.4, 0.5) is 0 Å². The largest absolute Gasteiger partial charge is 0.396 e. The average molecular weight is 299 g/mol. The second kappa shape index (κ2) is 9.81. The zero-order chi connectivity index (χ0) is 15.7. The lowest BCUT2D eigenvalue weighted by Crippen LogP contribution is -2.46. The highest BCUT2D eigenvalue weighted by Crippen LogP contribution is 2.25. The number of rotatable bonds is 9. The zero-order valence-electron chi connectivity index (χ0n) is 14.9. The summed E-state index contributed by atoms with van der Waals surface area (Å²) in [7, 11) is 0. The Kier molecular flexibility index (Phi) is 8.84. The number of piperazine rings is 1. The second-order valence-corrected chi connectivity index (χ2v) is 7.92. The van der Waals surface area contributed by atoms with E-state index in [1.807, 2.05) is 0 Å². The highest BCUT2D eigenvalue weighted by Gasteiger charge is 2.16. The minimum Gasteiger partial charge on any atom is -0.396 e. The Bertz CT molecular complexity index is 254. The maximum Gasteiger partial charge on any atom is 0.0459 e. The van der Waals surface area contributed by atoms with Gasteiger partial charge < -0.3 is 14.9 Å². The van der Waals surface area contributed by atoms with Crippen molar-refractivity contribution in [2.45, 2.75) is 59.8 Å². The highest BCUT2D eigenvalue weighted by atomic mass is 16.3. The summed E-state index contributed by atoms with van der Waals surface area (Å²) in [5.74, 6) is 0.515. The first-order valence-corrected chi connectivity index (χ1v) is 9.00. The van der Waals surface area contributed by atoms with Crippen LogP contribution in [0.5, 0.6) is 0 Å². The van der Waals surface area contributed by atoms with Gasteiger partial charge in [-0.3, -0.25) is 0 Å². The fourth-order valence-corrected chi connectivity index (χ4v) is 3.06. The summed E-state index contributed by atoms with van der Waals surface area (Å²) in [6.45, 7) is 16.9. The standard InChI is InChI=1S/C18H38N2O/c1-5-19-12-14-20(15-13-19)11-7-6-8-17(16-21)9-10-18(2,3)4/h17,21H,5-16H2,1-4H3/t17-/m1/s1. The average Bonchev–Trinajstić information content (AvgIpc) is 2.46. The third-order valence-corrected chi connectivity index (χ3v) is 4.81. The van der Waals surface area contributed by atoms with E-state index in [9.17, 15) is 5.11 Å². The summed E-state index contributed by atoms with van der Waals surface area (Å²) in [4.78, 5) is 5.14. The van der Waals surface area contributed by atoms with Crippen molar-refractivity contribution < 1.29 is 5.11 Å². The van der Waals surface area contributed by atoms with Gasteiger partial charge in [0, 0.05) is 32.8 Å². The normalized spacial score (nSPS) is 19.9. The van der Waals surface area contributed by atoms with Gasteiger partial charge in [0.2, 0.25) is 0 Å². The zero-order valence-corrected chi connectivity index (χ0v) is 14.9. The molecule has 0 spiro atoms.